The van der Waals surface area contributed by atoms with Crippen LogP contribution in [0.5, 0.6) is 0 Å². The van der Waals surface area contributed by atoms with Crippen molar-refractivity contribution in [3.8, 4) is 0 Å². The van der Waals surface area contributed by atoms with Gasteiger partial charge in [-0.2, -0.15) is 0 Å². The number of hydrogen-bond acceptors (Lipinski definition) is 2. The summed E-state index contributed by atoms with van der Waals surface area (Å²) in [7, 11) is 0. The van der Waals surface area contributed by atoms with Crippen molar-refractivity contribution in [2.45, 2.75) is 6.92 Å². The minimum absolute atomic E-state index is 0.465. The monoisotopic (exact) mass is 262 g/mol. The molecule has 0 saturated heterocycles. The van der Waals surface area contributed by atoms with Gasteiger partial charge in [-0.25, -0.2) is 4.98 Å². The van der Waals surface area contributed by atoms with E-state index in [2.05, 4.69) is 33.2 Å². The average molecular weight is 264 g/mol. The summed E-state index contributed by atoms with van der Waals surface area (Å²) in [6.45, 7) is 2.96. The van der Waals surface area contributed by atoms with Gasteiger partial charge in [-0.15, -0.1) is 11.6 Å². The number of hydrogen-bond donors (Lipinski definition) is 1. The molecular weight excluding hydrogens is 251 g/mol. The summed E-state index contributed by atoms with van der Waals surface area (Å²) in [6.07, 6.45) is 1.77. The third-order valence-corrected chi connectivity index (χ3v) is 2.62. The van der Waals surface area contributed by atoms with Crippen LogP contribution in [-0.2, 0) is 0 Å². The van der Waals surface area contributed by atoms with Crippen LogP contribution in [0, 0.1) is 5.92 Å². The number of nitrogens with one attached hydrogen (secondary N) is 1. The smallest absolute Gasteiger partial charge is 0.125 e. The van der Waals surface area contributed by atoms with Crippen molar-refractivity contribution in [3.05, 3.63) is 22.8 Å². The van der Waals surface area contributed by atoms with E-state index >= 15 is 0 Å². The Kier molecular flexibility index (Phi) is 4.53. The molecule has 13 heavy (non-hydrogen) atoms. The molecule has 1 unspecified atom stereocenters. The molecule has 0 amide bonds. The summed E-state index contributed by atoms with van der Waals surface area (Å²) in [4.78, 5) is 4.18. The summed E-state index contributed by atoms with van der Waals surface area (Å²) < 4.78 is 0.989. The van der Waals surface area contributed by atoms with Crippen LogP contribution >= 0.6 is 27.5 Å². The predicted molar refractivity (Wildman–Crippen MR) is 60.3 cm³/mol. The molecule has 0 spiro atoms. The second kappa shape index (κ2) is 5.45. The molecule has 1 atom stereocenters. The first kappa shape index (κ1) is 10.8. The van der Waals surface area contributed by atoms with E-state index in [9.17, 15) is 0 Å². The maximum atomic E-state index is 5.68. The van der Waals surface area contributed by atoms with Crippen molar-refractivity contribution >= 4 is 33.3 Å². The van der Waals surface area contributed by atoms with Crippen LogP contribution in [0.15, 0.2) is 22.8 Å². The maximum absolute atomic E-state index is 5.68. The first-order valence-corrected chi connectivity index (χ1v) is 5.46. The van der Waals surface area contributed by atoms with E-state index in [-0.39, 0.29) is 0 Å². The molecule has 0 saturated carbocycles. The number of anilines is 1. The number of pyridine rings is 1. The van der Waals surface area contributed by atoms with Crippen molar-refractivity contribution in [3.63, 3.8) is 0 Å². The van der Waals surface area contributed by atoms with Gasteiger partial charge in [0.1, 0.15) is 5.82 Å². The second-order valence-corrected chi connectivity index (χ2v) is 4.23. The van der Waals surface area contributed by atoms with Gasteiger partial charge < -0.3 is 5.32 Å². The zero-order valence-electron chi connectivity index (χ0n) is 7.43. The highest BCUT2D eigenvalue weighted by atomic mass is 79.9. The molecule has 2 nitrogen and oxygen atoms in total. The van der Waals surface area contributed by atoms with Gasteiger partial charge in [0.25, 0.3) is 0 Å². The van der Waals surface area contributed by atoms with Crippen molar-refractivity contribution in [2.24, 2.45) is 5.92 Å². The molecule has 0 aliphatic carbocycles. The SMILES string of the molecule is CC(CCl)CNc1ccc(Br)cn1. The number of halogens is 2. The fourth-order valence-electron chi connectivity index (χ4n) is 0.814. The standard InChI is InChI=1S/C9H12BrClN2/c1-7(4-11)5-12-9-3-2-8(10)6-13-9/h2-3,6-7H,4-5H2,1H3,(H,12,13). The van der Waals surface area contributed by atoms with Gasteiger partial charge >= 0.3 is 0 Å². The lowest BCUT2D eigenvalue weighted by Gasteiger charge is -2.09. The lowest BCUT2D eigenvalue weighted by molar-refractivity contribution is 0.694. The normalized spacial score (nSPS) is 12.5. The number of nitrogens with zero attached hydrogens (tertiary/aromatic N) is 1. The summed E-state index contributed by atoms with van der Waals surface area (Å²) in [6, 6.07) is 3.89. The molecule has 0 aliphatic heterocycles. The number of rotatable bonds is 4. The summed E-state index contributed by atoms with van der Waals surface area (Å²) >= 11 is 9.00. The fourth-order valence-corrected chi connectivity index (χ4v) is 1.16. The van der Waals surface area contributed by atoms with Crippen LogP contribution in [0.25, 0.3) is 0 Å². The Morgan fingerprint density at radius 2 is 2.38 bits per heavy atom. The fraction of sp³-hybridized carbons (Fsp3) is 0.444. The number of alkyl halides is 1. The van der Waals surface area contributed by atoms with Gasteiger partial charge in [0, 0.05) is 23.1 Å². The molecule has 0 radical (unpaired) electrons. The Morgan fingerprint density at radius 1 is 1.62 bits per heavy atom. The molecule has 1 heterocycles. The van der Waals surface area contributed by atoms with Crippen LogP contribution in [0.4, 0.5) is 5.82 Å². The zero-order chi connectivity index (χ0) is 9.68. The van der Waals surface area contributed by atoms with Crippen molar-refractivity contribution in [1.82, 2.24) is 4.98 Å². The Bertz CT molecular complexity index is 250. The Hall–Kier alpha value is -0.280. The van der Waals surface area contributed by atoms with E-state index in [1.54, 1.807) is 6.20 Å². The van der Waals surface area contributed by atoms with Crippen LogP contribution in [-0.4, -0.2) is 17.4 Å². The van der Waals surface area contributed by atoms with E-state index in [1.807, 2.05) is 12.1 Å². The molecular formula is C9H12BrClN2. The first-order valence-electron chi connectivity index (χ1n) is 4.13. The largest absolute Gasteiger partial charge is 0.370 e. The van der Waals surface area contributed by atoms with E-state index < -0.39 is 0 Å². The van der Waals surface area contributed by atoms with Gasteiger partial charge in [-0.1, -0.05) is 6.92 Å². The van der Waals surface area contributed by atoms with E-state index in [1.165, 1.54) is 0 Å². The van der Waals surface area contributed by atoms with Crippen LogP contribution < -0.4 is 5.32 Å². The molecule has 1 rings (SSSR count). The molecule has 0 bridgehead atoms. The molecule has 0 aromatic carbocycles. The van der Waals surface area contributed by atoms with E-state index in [0.29, 0.717) is 11.8 Å². The molecule has 0 aliphatic rings. The zero-order valence-corrected chi connectivity index (χ0v) is 9.77. The Labute approximate surface area is 91.8 Å². The molecule has 1 aromatic heterocycles. The van der Waals surface area contributed by atoms with Crippen LogP contribution in [0.3, 0.4) is 0 Å². The molecule has 1 N–H and O–H groups in total. The molecule has 72 valence electrons. The second-order valence-electron chi connectivity index (χ2n) is 3.00. The quantitative estimate of drug-likeness (QED) is 0.844. The average Bonchev–Trinajstić information content (AvgIpc) is 2.16. The molecule has 0 fully saturated rings. The topological polar surface area (TPSA) is 24.9 Å². The maximum Gasteiger partial charge on any atom is 0.125 e. The lowest BCUT2D eigenvalue weighted by atomic mass is 10.2. The lowest BCUT2D eigenvalue weighted by Crippen LogP contribution is -2.12. The predicted octanol–water partition coefficient (Wildman–Crippen LogP) is 3.13. The highest BCUT2D eigenvalue weighted by Crippen LogP contribution is 2.10. The highest BCUT2D eigenvalue weighted by Gasteiger charge is 1.99. The van der Waals surface area contributed by atoms with Crippen molar-refractivity contribution in [2.75, 3.05) is 17.7 Å². The summed E-state index contributed by atoms with van der Waals surface area (Å²) in [5, 5.41) is 3.21. The van der Waals surface area contributed by atoms with Crippen molar-refractivity contribution < 1.29 is 0 Å². The Balaban J connectivity index is 2.41. The first-order chi connectivity index (χ1) is 6.22. The van der Waals surface area contributed by atoms with Crippen molar-refractivity contribution in [1.29, 1.82) is 0 Å². The van der Waals surface area contributed by atoms with Gasteiger partial charge in [-0.05, 0) is 34.0 Å². The third-order valence-electron chi connectivity index (χ3n) is 1.62. The molecule has 1 aromatic rings. The Morgan fingerprint density at radius 3 is 2.92 bits per heavy atom. The summed E-state index contributed by atoms with van der Waals surface area (Å²) in [5.74, 6) is 2.02. The van der Waals surface area contributed by atoms with Gasteiger partial charge in [0.15, 0.2) is 0 Å². The summed E-state index contributed by atoms with van der Waals surface area (Å²) in [5.41, 5.74) is 0. The minimum Gasteiger partial charge on any atom is -0.370 e. The highest BCUT2D eigenvalue weighted by molar-refractivity contribution is 9.10. The van der Waals surface area contributed by atoms with E-state index in [4.69, 9.17) is 11.6 Å². The third kappa shape index (κ3) is 3.96. The van der Waals surface area contributed by atoms with Crippen LogP contribution in [0.1, 0.15) is 6.92 Å². The van der Waals surface area contributed by atoms with Gasteiger partial charge in [0.05, 0.1) is 0 Å². The van der Waals surface area contributed by atoms with Crippen LogP contribution in [0.2, 0.25) is 0 Å². The minimum atomic E-state index is 0.465. The van der Waals surface area contributed by atoms with Gasteiger partial charge in [0.2, 0.25) is 0 Å². The van der Waals surface area contributed by atoms with E-state index in [0.717, 1.165) is 16.8 Å². The van der Waals surface area contributed by atoms with Gasteiger partial charge in [-0.3, -0.25) is 0 Å². The molecule has 4 heteroatoms. The number of aromatic nitrogens is 1.